The van der Waals surface area contributed by atoms with Crippen LogP contribution in [0, 0.1) is 0 Å². The van der Waals surface area contributed by atoms with E-state index in [4.69, 9.17) is 10.2 Å². The summed E-state index contributed by atoms with van der Waals surface area (Å²) < 4.78 is 4.37. The summed E-state index contributed by atoms with van der Waals surface area (Å²) in [6.07, 6.45) is -1.73. The maximum Gasteiger partial charge on any atom is 0.356 e. The predicted octanol–water partition coefficient (Wildman–Crippen LogP) is 0.347. The van der Waals surface area contributed by atoms with Gasteiger partial charge in [-0.15, -0.1) is 0 Å². The molecule has 5 nitrogen and oxygen atoms in total. The lowest BCUT2D eigenvalue weighted by molar-refractivity contribution is -0.165. The summed E-state index contributed by atoms with van der Waals surface area (Å²) in [6, 6.07) is 0. The Balaban J connectivity index is 0. The minimum absolute atomic E-state index is 0.0727. The van der Waals surface area contributed by atoms with Crippen LogP contribution in [0.5, 0.6) is 0 Å². The van der Waals surface area contributed by atoms with Crippen molar-refractivity contribution in [2.45, 2.75) is 23.1 Å². The van der Waals surface area contributed by atoms with Gasteiger partial charge in [-0.3, -0.25) is 0 Å². The van der Waals surface area contributed by atoms with Gasteiger partial charge < -0.3 is 14.9 Å². The van der Waals surface area contributed by atoms with E-state index < -0.39 is 18.0 Å². The van der Waals surface area contributed by atoms with Crippen molar-refractivity contribution >= 4 is 32.3 Å². The van der Waals surface area contributed by atoms with Gasteiger partial charge in [-0.25, -0.2) is 9.59 Å². The Labute approximate surface area is 86.8 Å². The molecular weight excluding hydrogens is 188 g/mol. The van der Waals surface area contributed by atoms with Gasteiger partial charge in [-0.1, -0.05) is 0 Å². The Kier molecular flexibility index (Phi) is 11.4. The van der Waals surface area contributed by atoms with Gasteiger partial charge in [0.1, 0.15) is 0 Å². The summed E-state index contributed by atoms with van der Waals surface area (Å²) in [7, 11) is 0. The third kappa shape index (κ3) is 9.58. The van der Waals surface area contributed by atoms with E-state index in [0.29, 0.717) is 20.4 Å². The van der Waals surface area contributed by atoms with Gasteiger partial charge in [0.25, 0.3) is 6.10 Å². The van der Waals surface area contributed by atoms with Crippen LogP contribution in [0.4, 0.5) is 0 Å². The second-order valence-corrected chi connectivity index (χ2v) is 3.63. The molecule has 0 saturated carbocycles. The fourth-order valence-corrected chi connectivity index (χ4v) is 0.415. The Bertz CT molecular complexity index is 145. The monoisotopic (exact) mass is 202 g/mol. The van der Waals surface area contributed by atoms with Crippen LogP contribution in [0.15, 0.2) is 0 Å². The minimum atomic E-state index is -1.73. The van der Waals surface area contributed by atoms with Crippen LogP contribution < -0.4 is 0 Å². The van der Waals surface area contributed by atoms with Gasteiger partial charge in [0.2, 0.25) is 0 Å². The lowest BCUT2D eigenvalue weighted by Crippen LogP contribution is -2.32. The topological polar surface area (TPSA) is 83.8 Å². The van der Waals surface area contributed by atoms with E-state index in [9.17, 15) is 9.59 Å². The highest BCUT2D eigenvalue weighted by Crippen LogP contribution is 1.91. The van der Waals surface area contributed by atoms with Crippen LogP contribution in [-0.2, 0) is 14.3 Å². The van der Waals surface area contributed by atoms with E-state index in [1.54, 1.807) is 0 Å². The van der Waals surface area contributed by atoms with Crippen LogP contribution in [-0.4, -0.2) is 55.2 Å². The van der Waals surface area contributed by atoms with Crippen LogP contribution >= 0.6 is 0 Å². The normalized spacial score (nSPS) is 8.31. The molecule has 0 aromatic heterocycles. The molecule has 0 unspecified atom stereocenters. The number of carbonyl (C=O) groups is 2. The van der Waals surface area contributed by atoms with Crippen molar-refractivity contribution in [3.63, 3.8) is 0 Å². The zero-order valence-electron chi connectivity index (χ0n) is 8.11. The number of carboxylic acids is 2. The van der Waals surface area contributed by atoms with E-state index in [1.807, 2.05) is 0 Å². The molecule has 0 amide bonds. The Morgan fingerprint density at radius 3 is 1.69 bits per heavy atom. The van der Waals surface area contributed by atoms with Crippen LogP contribution in [0.25, 0.3) is 0 Å². The Morgan fingerprint density at radius 1 is 1.31 bits per heavy atom. The molecule has 0 aliphatic carbocycles. The Morgan fingerprint density at radius 2 is 1.62 bits per heavy atom. The lowest BCUT2D eigenvalue weighted by Gasteiger charge is -2.05. The van der Waals surface area contributed by atoms with E-state index in [2.05, 4.69) is 14.8 Å². The molecule has 0 atom stereocenters. The number of rotatable bonds is 4. The summed E-state index contributed by atoms with van der Waals surface area (Å²) >= 11 is 0.417. The van der Waals surface area contributed by atoms with Gasteiger partial charge >= 0.3 is 32.3 Å². The van der Waals surface area contributed by atoms with Crippen molar-refractivity contribution in [3.05, 3.63) is 0 Å². The van der Waals surface area contributed by atoms with Gasteiger partial charge in [-0.05, 0) is 6.92 Å². The van der Waals surface area contributed by atoms with Gasteiger partial charge in [-0.2, -0.15) is 10.1 Å². The summed E-state index contributed by atoms with van der Waals surface area (Å²) in [5.74, 6) is -2.95. The second kappa shape index (κ2) is 9.75. The summed E-state index contributed by atoms with van der Waals surface area (Å²) in [5, 5.41) is 20.9. The number of hydrogen-bond donors (Lipinski definition) is 2. The zero-order chi connectivity index (χ0) is 10.9. The van der Waals surface area contributed by atoms with Gasteiger partial charge in [0.05, 0.1) is 0 Å². The first-order chi connectivity index (χ1) is 6.01. The maximum absolute atomic E-state index is 10.0. The molecule has 6 heteroatoms. The molecule has 13 heavy (non-hydrogen) atoms. The van der Waals surface area contributed by atoms with Crippen molar-refractivity contribution in [2.24, 2.45) is 0 Å². The molecule has 74 valence electrons. The average Bonchev–Trinajstić information content (AvgIpc) is 2.00. The van der Waals surface area contributed by atoms with Crippen molar-refractivity contribution in [3.8, 4) is 0 Å². The molecule has 2 N–H and O–H groups in total. The maximum atomic E-state index is 10.0. The average molecular weight is 202 g/mol. The SMILES string of the molecule is CCOC(C(=O)O)C(=O)O.[CH3][Mg][CH3]. The molecule has 0 aliphatic rings. The fraction of sp³-hybridized carbons (Fsp3) is 0.714. The number of hydrogen-bond acceptors (Lipinski definition) is 3. The molecule has 0 rings (SSSR count). The molecule has 0 bridgehead atoms. The molecule has 0 radical (unpaired) electrons. The predicted molar refractivity (Wildman–Crippen MR) is 48.2 cm³/mol. The number of aliphatic carboxylic acids is 2. The van der Waals surface area contributed by atoms with E-state index in [0.717, 1.165) is 0 Å². The first-order valence-corrected chi connectivity index (χ1v) is 6.91. The van der Waals surface area contributed by atoms with E-state index >= 15 is 0 Å². The van der Waals surface area contributed by atoms with E-state index in [1.165, 1.54) is 6.92 Å². The highest BCUT2D eigenvalue weighted by molar-refractivity contribution is 6.31. The highest BCUT2D eigenvalue weighted by Gasteiger charge is 2.25. The fourth-order valence-electron chi connectivity index (χ4n) is 0.415. The van der Waals surface area contributed by atoms with Crippen molar-refractivity contribution in [1.82, 2.24) is 0 Å². The Hall–Kier alpha value is -0.334. The van der Waals surface area contributed by atoms with Crippen molar-refractivity contribution < 1.29 is 24.5 Å². The molecule has 0 aliphatic heterocycles. The summed E-state index contributed by atoms with van der Waals surface area (Å²) in [4.78, 5) is 20.1. The van der Waals surface area contributed by atoms with Gasteiger partial charge in [0.15, 0.2) is 0 Å². The zero-order valence-corrected chi connectivity index (χ0v) is 9.52. The molecule has 0 heterocycles. The van der Waals surface area contributed by atoms with Crippen LogP contribution in [0.1, 0.15) is 6.92 Å². The number of carboxylic acid groups (broad SMARTS) is 2. The molecule has 0 aromatic rings. The standard InChI is InChI=1S/C5H8O5.2CH3.Mg/c1-2-10-3(4(6)7)5(8)9;;;/h3H,2H2,1H3,(H,6,7)(H,8,9);2*1H3;. The molecule has 0 fully saturated rings. The summed E-state index contributed by atoms with van der Waals surface area (Å²) in [5.41, 5.74) is 0. The molecule has 0 spiro atoms. The third-order valence-electron chi connectivity index (χ3n) is 0.782. The molecule has 0 aromatic carbocycles. The lowest BCUT2D eigenvalue weighted by atomic mass is 10.4. The molecule has 0 saturated heterocycles. The highest BCUT2D eigenvalue weighted by atomic mass is 24.5. The quantitative estimate of drug-likeness (QED) is 0.508. The van der Waals surface area contributed by atoms with Crippen LogP contribution in [0.2, 0.25) is 10.1 Å². The third-order valence-corrected chi connectivity index (χ3v) is 0.782. The number of ether oxygens (including phenoxy) is 1. The van der Waals surface area contributed by atoms with Crippen molar-refractivity contribution in [2.75, 3.05) is 6.61 Å². The van der Waals surface area contributed by atoms with E-state index in [-0.39, 0.29) is 6.61 Å². The van der Waals surface area contributed by atoms with Crippen LogP contribution in [0.3, 0.4) is 0 Å². The first kappa shape index (κ1) is 15.2. The minimum Gasteiger partial charge on any atom is -0.479 e. The van der Waals surface area contributed by atoms with Crippen molar-refractivity contribution in [1.29, 1.82) is 0 Å². The largest absolute Gasteiger partial charge is 0.479 e. The first-order valence-electron chi connectivity index (χ1n) is 4.08. The van der Waals surface area contributed by atoms with Gasteiger partial charge in [0, 0.05) is 6.61 Å². The smallest absolute Gasteiger partial charge is 0.356 e. The second-order valence-electron chi connectivity index (χ2n) is 2.22. The summed E-state index contributed by atoms with van der Waals surface area (Å²) in [6.45, 7) is 1.60. The molecular formula is C7H14MgO5.